The molecule has 0 aliphatic rings. The molecule has 5 heteroatoms. The van der Waals surface area contributed by atoms with Gasteiger partial charge in [-0.2, -0.15) is 0 Å². The normalized spacial score (nSPS) is 11.1. The average molecular weight is 418 g/mol. The Morgan fingerprint density at radius 3 is 2.67 bits per heavy atom. The highest BCUT2D eigenvalue weighted by Crippen LogP contribution is 2.28. The van der Waals surface area contributed by atoms with Gasteiger partial charge in [0.1, 0.15) is 23.9 Å². The first-order valence-corrected chi connectivity index (χ1v) is 9.90. The maximum absolute atomic E-state index is 12.6. The van der Waals surface area contributed by atoms with Gasteiger partial charge in [0.2, 0.25) is 0 Å². The summed E-state index contributed by atoms with van der Waals surface area (Å²) in [5, 5.41) is 0.564. The second-order valence-electron chi connectivity index (χ2n) is 6.82. The van der Waals surface area contributed by atoms with E-state index in [9.17, 15) is 4.79 Å². The molecule has 2 heterocycles. The maximum atomic E-state index is 12.6. The Labute approximate surface area is 180 Å². The van der Waals surface area contributed by atoms with Crippen LogP contribution in [0.25, 0.3) is 11.8 Å². The Bertz CT molecular complexity index is 1170. The quantitative estimate of drug-likeness (QED) is 0.254. The minimum atomic E-state index is -0.0927. The van der Waals surface area contributed by atoms with Crippen molar-refractivity contribution < 1.29 is 13.9 Å². The molecule has 150 valence electrons. The zero-order chi connectivity index (χ0) is 20.9. The van der Waals surface area contributed by atoms with Gasteiger partial charge in [0.25, 0.3) is 0 Å². The monoisotopic (exact) mass is 417 g/mol. The second kappa shape index (κ2) is 8.89. The van der Waals surface area contributed by atoms with Crippen molar-refractivity contribution in [1.82, 2.24) is 4.57 Å². The predicted molar refractivity (Wildman–Crippen MR) is 118 cm³/mol. The van der Waals surface area contributed by atoms with Crippen LogP contribution in [0.4, 0.5) is 0 Å². The van der Waals surface area contributed by atoms with Crippen LogP contribution in [0.1, 0.15) is 27.4 Å². The number of carbonyl (C=O) groups excluding carboxylic acids is 1. The number of benzene rings is 2. The van der Waals surface area contributed by atoms with E-state index in [1.165, 1.54) is 6.08 Å². The van der Waals surface area contributed by atoms with E-state index in [2.05, 4.69) is 0 Å². The number of nitrogens with zero attached hydrogens (tertiary/aromatic N) is 1. The molecule has 2 aromatic heterocycles. The Kier molecular flexibility index (Phi) is 5.87. The molecule has 0 radical (unpaired) electrons. The summed E-state index contributed by atoms with van der Waals surface area (Å²) in [6.07, 6.45) is 7.05. The van der Waals surface area contributed by atoms with Crippen LogP contribution >= 0.6 is 11.6 Å². The van der Waals surface area contributed by atoms with Crippen molar-refractivity contribution in [3.8, 4) is 11.4 Å². The number of hydrogen-bond acceptors (Lipinski definition) is 3. The lowest BCUT2D eigenvalue weighted by atomic mass is 10.1. The number of ketones is 1. The number of para-hydroxylation sites is 1. The van der Waals surface area contributed by atoms with Crippen LogP contribution in [0, 0.1) is 6.92 Å². The van der Waals surface area contributed by atoms with Crippen molar-refractivity contribution in [3.05, 3.63) is 113 Å². The number of rotatable bonds is 7. The topological polar surface area (TPSA) is 44.4 Å². The van der Waals surface area contributed by atoms with Crippen LogP contribution in [0.5, 0.6) is 5.75 Å². The Balaban J connectivity index is 1.41. The number of halogens is 1. The number of allylic oxidation sites excluding steroid dienone is 1. The predicted octanol–water partition coefficient (Wildman–Crippen LogP) is 6.51. The van der Waals surface area contributed by atoms with Gasteiger partial charge in [-0.05, 0) is 67.1 Å². The van der Waals surface area contributed by atoms with Gasteiger partial charge >= 0.3 is 0 Å². The summed E-state index contributed by atoms with van der Waals surface area (Å²) >= 11 is 6.18. The van der Waals surface area contributed by atoms with Crippen LogP contribution in [-0.4, -0.2) is 10.4 Å². The van der Waals surface area contributed by atoms with Gasteiger partial charge in [0.05, 0.1) is 5.02 Å². The zero-order valence-electron chi connectivity index (χ0n) is 16.4. The van der Waals surface area contributed by atoms with E-state index in [0.29, 0.717) is 27.9 Å². The summed E-state index contributed by atoms with van der Waals surface area (Å²) in [5.74, 6) is 1.78. The zero-order valence-corrected chi connectivity index (χ0v) is 17.2. The molecule has 0 unspecified atom stereocenters. The molecule has 2 aromatic carbocycles. The molecule has 4 aromatic rings. The molecule has 0 aliphatic heterocycles. The molecule has 30 heavy (non-hydrogen) atoms. The summed E-state index contributed by atoms with van der Waals surface area (Å²) < 4.78 is 13.5. The maximum Gasteiger partial charge on any atom is 0.186 e. The highest BCUT2D eigenvalue weighted by atomic mass is 35.5. The number of ether oxygens (including phenoxy) is 1. The summed E-state index contributed by atoms with van der Waals surface area (Å²) in [6, 6.07) is 20.6. The smallest absolute Gasteiger partial charge is 0.186 e. The molecule has 0 fully saturated rings. The van der Waals surface area contributed by atoms with Crippen LogP contribution in [0.2, 0.25) is 5.02 Å². The molecule has 0 aliphatic carbocycles. The lowest BCUT2D eigenvalue weighted by Gasteiger charge is -2.09. The third-order valence-electron chi connectivity index (χ3n) is 4.64. The molecular formula is C25H20ClNO3. The van der Waals surface area contributed by atoms with E-state index in [0.717, 1.165) is 11.3 Å². The molecule has 0 saturated carbocycles. The fraction of sp³-hybridized carbons (Fsp3) is 0.0800. The molecule has 0 spiro atoms. The van der Waals surface area contributed by atoms with Crippen molar-refractivity contribution in [2.45, 2.75) is 13.5 Å². The first kappa shape index (κ1) is 19.8. The van der Waals surface area contributed by atoms with Crippen molar-refractivity contribution in [2.24, 2.45) is 0 Å². The first-order chi connectivity index (χ1) is 14.6. The van der Waals surface area contributed by atoms with Crippen molar-refractivity contribution in [1.29, 1.82) is 0 Å². The average Bonchev–Trinajstić information content (AvgIpc) is 3.44. The first-order valence-electron chi connectivity index (χ1n) is 9.52. The highest BCUT2D eigenvalue weighted by Gasteiger charge is 2.08. The van der Waals surface area contributed by atoms with E-state index in [1.807, 2.05) is 72.4 Å². The molecule has 0 atom stereocenters. The Hall–Kier alpha value is -3.50. The summed E-state index contributed by atoms with van der Waals surface area (Å²) in [6.45, 7) is 2.19. The highest BCUT2D eigenvalue weighted by molar-refractivity contribution is 6.32. The Morgan fingerprint density at radius 2 is 1.87 bits per heavy atom. The second-order valence-corrected chi connectivity index (χ2v) is 7.22. The minimum Gasteiger partial charge on any atom is -0.484 e. The number of carbonyl (C=O) groups is 1. The molecule has 4 nitrogen and oxygen atoms in total. The Morgan fingerprint density at radius 1 is 1.07 bits per heavy atom. The van der Waals surface area contributed by atoms with E-state index < -0.39 is 0 Å². The van der Waals surface area contributed by atoms with Crippen molar-refractivity contribution >= 4 is 23.5 Å². The van der Waals surface area contributed by atoms with Gasteiger partial charge < -0.3 is 13.7 Å². The molecular weight excluding hydrogens is 398 g/mol. The lowest BCUT2D eigenvalue weighted by molar-refractivity contribution is 0.104. The van der Waals surface area contributed by atoms with Crippen LogP contribution < -0.4 is 4.74 Å². The number of furan rings is 1. The SMILES string of the molecule is Cc1cccc(Cl)c1OCc1ccc(/C=C/C(=O)c2cccc(-n3cccc3)c2)o1. The molecule has 0 bridgehead atoms. The number of aromatic nitrogens is 1. The van der Waals surface area contributed by atoms with Gasteiger partial charge in [-0.3, -0.25) is 4.79 Å². The van der Waals surface area contributed by atoms with Crippen LogP contribution in [-0.2, 0) is 6.61 Å². The third-order valence-corrected chi connectivity index (χ3v) is 4.93. The van der Waals surface area contributed by atoms with E-state index in [1.54, 1.807) is 24.3 Å². The molecule has 0 amide bonds. The summed E-state index contributed by atoms with van der Waals surface area (Å²) in [4.78, 5) is 12.6. The van der Waals surface area contributed by atoms with Gasteiger partial charge in [0, 0.05) is 23.6 Å². The standard InChI is InChI=1S/C25H20ClNO3/c1-18-6-4-9-23(26)25(18)29-17-22-11-10-21(30-22)12-13-24(28)19-7-5-8-20(16-19)27-14-2-3-15-27/h2-16H,17H2,1H3/b13-12+. The minimum absolute atomic E-state index is 0.0927. The third kappa shape index (κ3) is 4.56. The number of aryl methyl sites for hydroxylation is 1. The lowest BCUT2D eigenvalue weighted by Crippen LogP contribution is -1.97. The van der Waals surface area contributed by atoms with Gasteiger partial charge in [0.15, 0.2) is 5.78 Å². The van der Waals surface area contributed by atoms with E-state index in [4.69, 9.17) is 20.8 Å². The van der Waals surface area contributed by atoms with Gasteiger partial charge in [-0.25, -0.2) is 0 Å². The molecule has 4 rings (SSSR count). The van der Waals surface area contributed by atoms with Gasteiger partial charge in [-0.1, -0.05) is 35.9 Å². The number of hydrogen-bond donors (Lipinski definition) is 0. The largest absolute Gasteiger partial charge is 0.484 e. The van der Waals surface area contributed by atoms with E-state index in [-0.39, 0.29) is 12.4 Å². The van der Waals surface area contributed by atoms with Crippen LogP contribution in [0.15, 0.2) is 89.6 Å². The fourth-order valence-corrected chi connectivity index (χ4v) is 3.36. The fourth-order valence-electron chi connectivity index (χ4n) is 3.08. The van der Waals surface area contributed by atoms with E-state index >= 15 is 0 Å². The molecule has 0 N–H and O–H groups in total. The summed E-state index contributed by atoms with van der Waals surface area (Å²) in [5.41, 5.74) is 2.51. The van der Waals surface area contributed by atoms with Crippen molar-refractivity contribution in [2.75, 3.05) is 0 Å². The summed E-state index contributed by atoms with van der Waals surface area (Å²) in [7, 11) is 0. The van der Waals surface area contributed by atoms with Gasteiger partial charge in [-0.15, -0.1) is 0 Å². The van der Waals surface area contributed by atoms with Crippen LogP contribution in [0.3, 0.4) is 0 Å². The van der Waals surface area contributed by atoms with Crippen molar-refractivity contribution in [3.63, 3.8) is 0 Å². The molecule has 0 saturated heterocycles.